The third-order valence-electron chi connectivity index (χ3n) is 5.55. The quantitative estimate of drug-likeness (QED) is 0.357. The summed E-state index contributed by atoms with van der Waals surface area (Å²) in [6, 6.07) is 20.0. The fourth-order valence-electron chi connectivity index (χ4n) is 3.79. The van der Waals surface area contributed by atoms with Gasteiger partial charge in [0, 0.05) is 22.1 Å². The van der Waals surface area contributed by atoms with Crippen LogP contribution in [0.4, 0.5) is 11.4 Å². The normalized spacial score (nSPS) is 15.2. The number of carbonyl (C=O) groups excluding carboxylic acids is 2. The molecule has 1 atom stereocenters. The predicted molar refractivity (Wildman–Crippen MR) is 142 cm³/mol. The number of rotatable bonds is 7. The monoisotopic (exact) mass is 518 g/mol. The van der Waals surface area contributed by atoms with Crippen molar-refractivity contribution >= 4 is 46.6 Å². The van der Waals surface area contributed by atoms with Crippen molar-refractivity contribution in [2.24, 2.45) is 0 Å². The second-order valence-electron chi connectivity index (χ2n) is 8.09. The van der Waals surface area contributed by atoms with Gasteiger partial charge in [0.05, 0.1) is 40.2 Å². The molecule has 2 amide bonds. The van der Waals surface area contributed by atoms with Crippen molar-refractivity contribution in [1.82, 2.24) is 5.32 Å². The summed E-state index contributed by atoms with van der Waals surface area (Å²) in [7, 11) is 0. The number of nitrogens with one attached hydrogen (secondary N) is 3. The number of allylic oxidation sites excluding steroid dienone is 2. The number of halogens is 1. The van der Waals surface area contributed by atoms with Gasteiger partial charge in [-0.05, 0) is 55.8 Å². The number of nitriles is 1. The van der Waals surface area contributed by atoms with Gasteiger partial charge in [-0.3, -0.25) is 9.59 Å². The number of hydrogen-bond donors (Lipinski definition) is 3. The summed E-state index contributed by atoms with van der Waals surface area (Å²) < 4.78 is 5.63. The minimum Gasteiger partial charge on any atom is -0.468 e. The topological polar surface area (TPSA) is 107 Å². The van der Waals surface area contributed by atoms with Gasteiger partial charge in [0.15, 0.2) is 0 Å². The molecule has 0 fully saturated rings. The molecule has 3 N–H and O–H groups in total. The molecule has 7 nitrogen and oxygen atoms in total. The summed E-state index contributed by atoms with van der Waals surface area (Å²) >= 11 is 7.33. The minimum atomic E-state index is -0.726. The SMILES string of the molecule is CC1=C(C(=O)Nc2ccccc2)C(c2ccco2)C(C#N)=C(SCC(=O)Nc2ccc(C)c(Cl)c2)N1. The van der Waals surface area contributed by atoms with Gasteiger partial charge in [-0.2, -0.15) is 5.26 Å². The second kappa shape index (κ2) is 11.2. The van der Waals surface area contributed by atoms with Gasteiger partial charge >= 0.3 is 0 Å². The molecule has 0 saturated carbocycles. The van der Waals surface area contributed by atoms with E-state index in [-0.39, 0.29) is 17.6 Å². The molecule has 2 aromatic carbocycles. The zero-order valence-corrected chi connectivity index (χ0v) is 21.2. The molecule has 0 saturated heterocycles. The highest BCUT2D eigenvalue weighted by Crippen LogP contribution is 2.41. The molecule has 182 valence electrons. The molecule has 1 aromatic heterocycles. The highest BCUT2D eigenvalue weighted by atomic mass is 35.5. The molecule has 0 bridgehead atoms. The number of thioether (sulfide) groups is 1. The van der Waals surface area contributed by atoms with Crippen molar-refractivity contribution in [3.63, 3.8) is 0 Å². The van der Waals surface area contributed by atoms with Crippen molar-refractivity contribution in [3.8, 4) is 6.07 Å². The van der Waals surface area contributed by atoms with Gasteiger partial charge in [0.2, 0.25) is 5.91 Å². The maximum atomic E-state index is 13.3. The van der Waals surface area contributed by atoms with E-state index in [0.717, 1.165) is 5.56 Å². The lowest BCUT2D eigenvalue weighted by Crippen LogP contribution is -2.31. The van der Waals surface area contributed by atoms with Gasteiger partial charge in [-0.15, -0.1) is 0 Å². The molecule has 0 spiro atoms. The number of hydrogen-bond acceptors (Lipinski definition) is 6. The Morgan fingerprint density at radius 1 is 1.08 bits per heavy atom. The molecule has 0 aliphatic carbocycles. The first-order chi connectivity index (χ1) is 17.4. The summed E-state index contributed by atoms with van der Waals surface area (Å²) in [6.45, 7) is 3.65. The number of aryl methyl sites for hydroxylation is 1. The molecule has 9 heteroatoms. The van der Waals surface area contributed by atoms with Crippen molar-refractivity contribution in [1.29, 1.82) is 5.26 Å². The van der Waals surface area contributed by atoms with Crippen molar-refractivity contribution in [2.75, 3.05) is 16.4 Å². The van der Waals surface area contributed by atoms with Crippen LogP contribution in [0.5, 0.6) is 0 Å². The van der Waals surface area contributed by atoms with Crippen LogP contribution in [-0.4, -0.2) is 17.6 Å². The molecule has 2 heterocycles. The number of nitrogens with zero attached hydrogens (tertiary/aromatic N) is 1. The number of amides is 2. The van der Waals surface area contributed by atoms with E-state index in [1.165, 1.54) is 18.0 Å². The van der Waals surface area contributed by atoms with Crippen LogP contribution in [-0.2, 0) is 9.59 Å². The lowest BCUT2D eigenvalue weighted by atomic mass is 9.85. The summed E-state index contributed by atoms with van der Waals surface area (Å²) in [4.78, 5) is 25.9. The molecular weight excluding hydrogens is 496 g/mol. The lowest BCUT2D eigenvalue weighted by molar-refractivity contribution is -0.114. The Labute approximate surface area is 218 Å². The average Bonchev–Trinajstić information content (AvgIpc) is 3.40. The fraction of sp³-hybridized carbons (Fsp3) is 0.148. The van der Waals surface area contributed by atoms with Crippen LogP contribution < -0.4 is 16.0 Å². The van der Waals surface area contributed by atoms with E-state index in [1.807, 2.05) is 31.2 Å². The van der Waals surface area contributed by atoms with Crippen LogP contribution in [0.2, 0.25) is 5.02 Å². The van der Waals surface area contributed by atoms with E-state index in [0.29, 0.717) is 44.0 Å². The maximum Gasteiger partial charge on any atom is 0.254 e. The molecule has 4 rings (SSSR count). The molecule has 1 aliphatic heterocycles. The molecule has 1 unspecified atom stereocenters. The van der Waals surface area contributed by atoms with Crippen LogP contribution >= 0.6 is 23.4 Å². The first-order valence-electron chi connectivity index (χ1n) is 11.1. The Hall–Kier alpha value is -3.93. The molecule has 36 heavy (non-hydrogen) atoms. The summed E-state index contributed by atoms with van der Waals surface area (Å²) in [5, 5.41) is 20.0. The largest absolute Gasteiger partial charge is 0.468 e. The molecule has 0 radical (unpaired) electrons. The molecule has 3 aromatic rings. The number of anilines is 2. The van der Waals surface area contributed by atoms with Crippen molar-refractivity contribution in [2.45, 2.75) is 19.8 Å². The maximum absolute atomic E-state index is 13.3. The van der Waals surface area contributed by atoms with Gasteiger partial charge in [-0.1, -0.05) is 47.6 Å². The van der Waals surface area contributed by atoms with Crippen molar-refractivity contribution in [3.05, 3.63) is 105 Å². The van der Waals surface area contributed by atoms with Crippen molar-refractivity contribution < 1.29 is 14.0 Å². The Bertz CT molecular complexity index is 1390. The third kappa shape index (κ3) is 5.65. The fourth-order valence-corrected chi connectivity index (χ4v) is 4.87. The van der Waals surface area contributed by atoms with Gasteiger partial charge < -0.3 is 20.4 Å². The minimum absolute atomic E-state index is 0.0444. The Morgan fingerprint density at radius 3 is 2.53 bits per heavy atom. The number of para-hydroxylation sites is 1. The Kier molecular flexibility index (Phi) is 7.84. The second-order valence-corrected chi connectivity index (χ2v) is 9.48. The van der Waals surface area contributed by atoms with E-state index in [1.54, 1.807) is 43.3 Å². The molecular formula is C27H23ClN4O3S. The van der Waals surface area contributed by atoms with Crippen LogP contribution in [0, 0.1) is 18.3 Å². The van der Waals surface area contributed by atoms with E-state index < -0.39 is 5.92 Å². The van der Waals surface area contributed by atoms with Crippen LogP contribution in [0.3, 0.4) is 0 Å². The van der Waals surface area contributed by atoms with Gasteiger partial charge in [0.25, 0.3) is 5.91 Å². The van der Waals surface area contributed by atoms with Crippen LogP contribution in [0.25, 0.3) is 0 Å². The standard InChI is InChI=1S/C27H23ClN4O3S/c1-16-10-11-19(13-21(16)28)31-23(33)15-36-27-20(14-29)25(22-9-6-12-35-22)24(17(2)30-27)26(34)32-18-7-4-3-5-8-18/h3-13,25,30H,15H2,1-2H3,(H,31,33)(H,32,34). The lowest BCUT2D eigenvalue weighted by Gasteiger charge is -2.28. The zero-order valence-electron chi connectivity index (χ0n) is 19.6. The van der Waals surface area contributed by atoms with Crippen LogP contribution in [0.1, 0.15) is 24.2 Å². The smallest absolute Gasteiger partial charge is 0.254 e. The van der Waals surface area contributed by atoms with Gasteiger partial charge in [-0.25, -0.2) is 0 Å². The number of furan rings is 1. The van der Waals surface area contributed by atoms with E-state index in [9.17, 15) is 14.9 Å². The number of dihydropyridines is 1. The predicted octanol–water partition coefficient (Wildman–Crippen LogP) is 5.95. The average molecular weight is 519 g/mol. The van der Waals surface area contributed by atoms with Gasteiger partial charge in [0.1, 0.15) is 5.76 Å². The Morgan fingerprint density at radius 2 is 1.86 bits per heavy atom. The zero-order chi connectivity index (χ0) is 25.7. The van der Waals surface area contributed by atoms with E-state index in [4.69, 9.17) is 16.0 Å². The highest BCUT2D eigenvalue weighted by Gasteiger charge is 2.36. The van der Waals surface area contributed by atoms with E-state index in [2.05, 4.69) is 22.0 Å². The number of carbonyl (C=O) groups is 2. The van der Waals surface area contributed by atoms with Crippen LogP contribution in [0.15, 0.2) is 93.2 Å². The first kappa shape index (κ1) is 25.2. The molecule has 1 aliphatic rings. The van der Waals surface area contributed by atoms with E-state index >= 15 is 0 Å². The number of benzene rings is 2. The summed E-state index contributed by atoms with van der Waals surface area (Å²) in [5.74, 6) is -0.824. The Balaban J connectivity index is 1.57. The summed E-state index contributed by atoms with van der Waals surface area (Å²) in [6.07, 6.45) is 1.50. The summed E-state index contributed by atoms with van der Waals surface area (Å²) in [5.41, 5.74) is 3.37. The third-order valence-corrected chi connectivity index (χ3v) is 6.98. The first-order valence-corrected chi connectivity index (χ1v) is 12.4. The highest BCUT2D eigenvalue weighted by molar-refractivity contribution is 8.03.